The molecule has 2 aromatic rings. The van der Waals surface area contributed by atoms with E-state index in [0.29, 0.717) is 17.9 Å². The van der Waals surface area contributed by atoms with Crippen LogP contribution in [0.1, 0.15) is 11.1 Å². The summed E-state index contributed by atoms with van der Waals surface area (Å²) in [7, 11) is 0. The van der Waals surface area contributed by atoms with Gasteiger partial charge in [0.2, 0.25) is 5.96 Å². The summed E-state index contributed by atoms with van der Waals surface area (Å²) in [4.78, 5) is 3.32. The molecule has 2 aromatic carbocycles. The van der Waals surface area contributed by atoms with Gasteiger partial charge in [-0.15, -0.1) is 0 Å². The highest BCUT2D eigenvalue weighted by atomic mass is 16.5. The molecule has 110 valence electrons. The fourth-order valence-corrected chi connectivity index (χ4v) is 1.72. The van der Waals surface area contributed by atoms with Gasteiger partial charge < -0.3 is 21.0 Å². The van der Waals surface area contributed by atoms with Crippen LogP contribution in [0.25, 0.3) is 4.85 Å². The molecule has 0 spiro atoms. The molecule has 0 radical (unpaired) electrons. The molecule has 6 heteroatoms. The maximum atomic E-state index is 7.15. The molecular formula is C16H15N5O. The van der Waals surface area contributed by atoms with E-state index in [1.165, 1.54) is 0 Å². The summed E-state index contributed by atoms with van der Waals surface area (Å²) < 4.78 is 5.71. The number of amidine groups is 1. The average molecular weight is 293 g/mol. The van der Waals surface area contributed by atoms with Gasteiger partial charge >= 0.3 is 5.84 Å². The molecule has 0 atom stereocenters. The Labute approximate surface area is 128 Å². The van der Waals surface area contributed by atoms with Crippen LogP contribution >= 0.6 is 0 Å². The maximum absolute atomic E-state index is 7.15. The van der Waals surface area contributed by atoms with E-state index in [2.05, 4.69) is 15.0 Å². The van der Waals surface area contributed by atoms with Gasteiger partial charge in [-0.2, -0.15) is 0 Å². The summed E-state index contributed by atoms with van der Waals surface area (Å²) in [5, 5.41) is 7.22. The lowest BCUT2D eigenvalue weighted by Gasteiger charge is -2.07. The van der Waals surface area contributed by atoms with E-state index in [1.54, 1.807) is 18.2 Å². The third-order valence-electron chi connectivity index (χ3n) is 2.71. The quantitative estimate of drug-likeness (QED) is 0.383. The van der Waals surface area contributed by atoms with E-state index in [9.17, 15) is 0 Å². The predicted molar refractivity (Wildman–Crippen MR) is 86.2 cm³/mol. The second-order valence-electron chi connectivity index (χ2n) is 4.36. The summed E-state index contributed by atoms with van der Waals surface area (Å²) in [6.45, 7) is 7.60. The van der Waals surface area contributed by atoms with Gasteiger partial charge in [-0.25, -0.2) is 0 Å². The van der Waals surface area contributed by atoms with Crippen LogP contribution in [0, 0.1) is 6.57 Å². The molecule has 0 aromatic heterocycles. The second kappa shape index (κ2) is 7.45. The Balaban J connectivity index is 2.14. The minimum atomic E-state index is -0.197. The number of ether oxygens (including phenoxy) is 1. The van der Waals surface area contributed by atoms with Crippen molar-refractivity contribution in [3.63, 3.8) is 0 Å². The van der Waals surface area contributed by atoms with E-state index in [4.69, 9.17) is 22.8 Å². The van der Waals surface area contributed by atoms with E-state index in [0.717, 1.165) is 5.56 Å². The van der Waals surface area contributed by atoms with E-state index in [-0.39, 0.29) is 11.8 Å². The highest BCUT2D eigenvalue weighted by Crippen LogP contribution is 2.16. The molecule has 4 N–H and O–H groups in total. The zero-order chi connectivity index (χ0) is 15.8. The maximum Gasteiger partial charge on any atom is 0.303 e. The number of hydrogen-bond donors (Lipinski definition) is 2. The third kappa shape index (κ3) is 4.35. The molecule has 0 heterocycles. The van der Waals surface area contributed by atoms with Crippen LogP contribution in [-0.2, 0) is 6.61 Å². The number of nitrogens with two attached hydrogens (primary N) is 2. The van der Waals surface area contributed by atoms with Crippen molar-refractivity contribution in [1.29, 1.82) is 0 Å². The standard InChI is InChI=1S/C16H15N5O/c1-19-15(20-21-16(17)18)13-8-5-9-14(10-13)22-11-12-6-3-2-4-7-12/h2-10H,11H2,(H4,17,18,21)/b20-15+. The van der Waals surface area contributed by atoms with Crippen molar-refractivity contribution in [3.8, 4) is 5.75 Å². The molecule has 0 amide bonds. The van der Waals surface area contributed by atoms with E-state index in [1.807, 2.05) is 36.4 Å². The van der Waals surface area contributed by atoms with Crippen LogP contribution in [0.5, 0.6) is 5.75 Å². The molecule has 0 saturated carbocycles. The molecule has 22 heavy (non-hydrogen) atoms. The minimum absolute atomic E-state index is 0.0959. The van der Waals surface area contributed by atoms with Crippen LogP contribution in [-0.4, -0.2) is 11.8 Å². The number of guanidine groups is 1. The molecule has 0 aliphatic rings. The Morgan fingerprint density at radius 2 is 1.82 bits per heavy atom. The first-order valence-corrected chi connectivity index (χ1v) is 6.50. The second-order valence-corrected chi connectivity index (χ2v) is 4.36. The van der Waals surface area contributed by atoms with Crippen molar-refractivity contribution >= 4 is 11.8 Å². The third-order valence-corrected chi connectivity index (χ3v) is 2.71. The summed E-state index contributed by atoms with van der Waals surface area (Å²) in [6.07, 6.45) is 0. The predicted octanol–water partition coefficient (Wildman–Crippen LogP) is 2.12. The van der Waals surface area contributed by atoms with Gasteiger partial charge in [0.1, 0.15) is 12.4 Å². The number of rotatable bonds is 5. The summed E-state index contributed by atoms with van der Waals surface area (Å²) >= 11 is 0. The molecule has 6 nitrogen and oxygen atoms in total. The Kier molecular flexibility index (Phi) is 5.10. The van der Waals surface area contributed by atoms with Crippen molar-refractivity contribution in [2.75, 3.05) is 0 Å². The normalized spacial score (nSPS) is 10.6. The lowest BCUT2D eigenvalue weighted by molar-refractivity contribution is 0.306. The molecule has 2 rings (SSSR count). The molecule has 0 saturated heterocycles. The Morgan fingerprint density at radius 1 is 1.05 bits per heavy atom. The highest BCUT2D eigenvalue weighted by molar-refractivity contribution is 6.06. The van der Waals surface area contributed by atoms with Crippen LogP contribution in [0.3, 0.4) is 0 Å². The van der Waals surface area contributed by atoms with Gasteiger partial charge in [0.25, 0.3) is 0 Å². The van der Waals surface area contributed by atoms with Crippen molar-refractivity contribution < 1.29 is 4.74 Å². The van der Waals surface area contributed by atoms with Gasteiger partial charge in [0.05, 0.1) is 0 Å². The largest absolute Gasteiger partial charge is 0.489 e. The first-order chi connectivity index (χ1) is 10.7. The highest BCUT2D eigenvalue weighted by Gasteiger charge is 2.05. The smallest absolute Gasteiger partial charge is 0.303 e. The molecule has 0 aliphatic carbocycles. The fraction of sp³-hybridized carbons (Fsp3) is 0.0625. The van der Waals surface area contributed by atoms with Crippen molar-refractivity contribution in [2.45, 2.75) is 6.61 Å². The molecular weight excluding hydrogens is 278 g/mol. The molecule has 0 aliphatic heterocycles. The molecule has 0 unspecified atom stereocenters. The Morgan fingerprint density at radius 3 is 2.50 bits per heavy atom. The molecule has 0 bridgehead atoms. The summed E-state index contributed by atoms with van der Waals surface area (Å²) in [6, 6.07) is 16.9. The first kappa shape index (κ1) is 15.1. The van der Waals surface area contributed by atoms with Crippen LogP contribution in [0.15, 0.2) is 64.8 Å². The zero-order valence-electron chi connectivity index (χ0n) is 11.8. The van der Waals surface area contributed by atoms with E-state index < -0.39 is 0 Å². The Bertz CT molecular complexity index is 728. The van der Waals surface area contributed by atoms with Crippen molar-refractivity contribution in [3.05, 3.63) is 77.1 Å². The van der Waals surface area contributed by atoms with Gasteiger partial charge in [-0.3, -0.25) is 0 Å². The number of nitrogens with zero attached hydrogens (tertiary/aromatic N) is 3. The zero-order valence-corrected chi connectivity index (χ0v) is 11.8. The summed E-state index contributed by atoms with van der Waals surface area (Å²) in [5.74, 6) is 0.540. The SMILES string of the molecule is [C-]#[N+]/C(=N/N=C(N)N)c1cccc(OCc2ccccc2)c1. The van der Waals surface area contributed by atoms with Gasteiger partial charge in [-0.1, -0.05) is 49.0 Å². The van der Waals surface area contributed by atoms with Crippen LogP contribution in [0.2, 0.25) is 0 Å². The minimum Gasteiger partial charge on any atom is -0.489 e. The van der Waals surface area contributed by atoms with Crippen molar-refractivity contribution in [2.24, 2.45) is 21.7 Å². The Hall–Kier alpha value is -3.33. The lowest BCUT2D eigenvalue weighted by atomic mass is 10.2. The average Bonchev–Trinajstić information content (AvgIpc) is 2.55. The van der Waals surface area contributed by atoms with Gasteiger partial charge in [0, 0.05) is 10.7 Å². The van der Waals surface area contributed by atoms with Crippen LogP contribution < -0.4 is 16.2 Å². The van der Waals surface area contributed by atoms with Gasteiger partial charge in [0.15, 0.2) is 0 Å². The number of hydrogen-bond acceptors (Lipinski definition) is 3. The van der Waals surface area contributed by atoms with Crippen LogP contribution in [0.4, 0.5) is 0 Å². The monoisotopic (exact) mass is 293 g/mol. The molecule has 0 fully saturated rings. The van der Waals surface area contributed by atoms with Gasteiger partial charge in [-0.05, 0) is 22.8 Å². The first-order valence-electron chi connectivity index (χ1n) is 6.50. The number of benzene rings is 2. The topological polar surface area (TPSA) is 90.3 Å². The van der Waals surface area contributed by atoms with E-state index >= 15 is 0 Å². The lowest BCUT2D eigenvalue weighted by Crippen LogP contribution is -2.22. The van der Waals surface area contributed by atoms with Crippen molar-refractivity contribution in [1.82, 2.24) is 0 Å². The summed E-state index contributed by atoms with van der Waals surface area (Å²) in [5.41, 5.74) is 12.1. The fourth-order valence-electron chi connectivity index (χ4n) is 1.72.